The zero-order valence-corrected chi connectivity index (χ0v) is 11.8. The number of carbonyl (C=O) groups is 2. The normalized spacial score (nSPS) is 17.4. The molecule has 0 spiro atoms. The minimum absolute atomic E-state index is 0.0541. The molecule has 1 aliphatic rings. The zero-order chi connectivity index (χ0) is 14.6. The molecule has 0 radical (unpaired) electrons. The number of hydrogen-bond acceptors (Lipinski definition) is 3. The van der Waals surface area contributed by atoms with Crippen molar-refractivity contribution >= 4 is 23.5 Å². The second-order valence-electron chi connectivity index (χ2n) is 5.22. The molecule has 6 heteroatoms. The van der Waals surface area contributed by atoms with Gasteiger partial charge in [-0.3, -0.25) is 14.6 Å². The Labute approximate surface area is 122 Å². The molecule has 2 N–H and O–H groups in total. The molecule has 1 aliphatic carbocycles. The number of nitrogens with one attached hydrogen (secondary N) is 1. The van der Waals surface area contributed by atoms with E-state index in [0.29, 0.717) is 18.4 Å². The van der Waals surface area contributed by atoms with Crippen molar-refractivity contribution in [1.29, 1.82) is 0 Å². The number of carboxylic acids is 1. The van der Waals surface area contributed by atoms with Crippen molar-refractivity contribution in [2.75, 3.05) is 0 Å². The SMILES string of the molecule is O=C(O)CC1(NC(=O)c2ccncc2Cl)CCCCC1. The molecule has 1 amide bonds. The second kappa shape index (κ2) is 6.22. The maximum Gasteiger partial charge on any atom is 0.305 e. The summed E-state index contributed by atoms with van der Waals surface area (Å²) in [5, 5.41) is 12.2. The molecule has 0 unspecified atom stereocenters. The third-order valence-electron chi connectivity index (χ3n) is 3.70. The van der Waals surface area contributed by atoms with Crippen LogP contribution in [0.5, 0.6) is 0 Å². The predicted octanol–water partition coefficient (Wildman–Crippen LogP) is 2.64. The first-order valence-corrected chi connectivity index (χ1v) is 7.04. The molecule has 2 rings (SSSR count). The van der Waals surface area contributed by atoms with E-state index < -0.39 is 11.5 Å². The minimum atomic E-state index is -0.895. The van der Waals surface area contributed by atoms with Crippen LogP contribution in [0.3, 0.4) is 0 Å². The first-order chi connectivity index (χ1) is 9.52. The highest BCUT2D eigenvalue weighted by molar-refractivity contribution is 6.33. The van der Waals surface area contributed by atoms with Gasteiger partial charge in [-0.1, -0.05) is 30.9 Å². The molecule has 0 saturated heterocycles. The van der Waals surface area contributed by atoms with Gasteiger partial charge < -0.3 is 10.4 Å². The van der Waals surface area contributed by atoms with Gasteiger partial charge in [-0.05, 0) is 18.9 Å². The highest BCUT2D eigenvalue weighted by atomic mass is 35.5. The fraction of sp³-hybridized carbons (Fsp3) is 0.500. The van der Waals surface area contributed by atoms with E-state index in [4.69, 9.17) is 16.7 Å². The Morgan fingerprint density at radius 2 is 2.05 bits per heavy atom. The van der Waals surface area contributed by atoms with Crippen molar-refractivity contribution in [3.63, 3.8) is 0 Å². The highest BCUT2D eigenvalue weighted by Crippen LogP contribution is 2.31. The van der Waals surface area contributed by atoms with Crippen LogP contribution in [0, 0.1) is 0 Å². The Morgan fingerprint density at radius 3 is 2.65 bits per heavy atom. The zero-order valence-electron chi connectivity index (χ0n) is 11.1. The third kappa shape index (κ3) is 3.48. The first-order valence-electron chi connectivity index (χ1n) is 6.66. The largest absolute Gasteiger partial charge is 0.481 e. The smallest absolute Gasteiger partial charge is 0.305 e. The molecule has 20 heavy (non-hydrogen) atoms. The molecule has 0 aromatic carbocycles. The molecule has 0 aliphatic heterocycles. The van der Waals surface area contributed by atoms with Gasteiger partial charge in [0, 0.05) is 12.4 Å². The fourth-order valence-electron chi connectivity index (χ4n) is 2.73. The number of nitrogens with zero attached hydrogens (tertiary/aromatic N) is 1. The molecule has 1 heterocycles. The van der Waals surface area contributed by atoms with Crippen LogP contribution in [0.15, 0.2) is 18.5 Å². The average Bonchev–Trinajstić information content (AvgIpc) is 2.39. The average molecular weight is 297 g/mol. The molecule has 1 aromatic heterocycles. The van der Waals surface area contributed by atoms with Crippen LogP contribution in [0.1, 0.15) is 48.9 Å². The lowest BCUT2D eigenvalue weighted by atomic mass is 9.79. The monoisotopic (exact) mass is 296 g/mol. The lowest BCUT2D eigenvalue weighted by molar-refractivity contribution is -0.139. The van der Waals surface area contributed by atoms with Gasteiger partial charge in [0.15, 0.2) is 0 Å². The van der Waals surface area contributed by atoms with Crippen LogP contribution in [0.2, 0.25) is 5.02 Å². The summed E-state index contributed by atoms with van der Waals surface area (Å²) in [7, 11) is 0. The summed E-state index contributed by atoms with van der Waals surface area (Å²) in [5.41, 5.74) is -0.328. The van der Waals surface area contributed by atoms with Gasteiger partial charge >= 0.3 is 5.97 Å². The molecular formula is C14H17ClN2O3. The van der Waals surface area contributed by atoms with E-state index in [9.17, 15) is 9.59 Å². The summed E-state index contributed by atoms with van der Waals surface area (Å²) in [6.45, 7) is 0. The summed E-state index contributed by atoms with van der Waals surface area (Å²) >= 11 is 5.95. The number of amides is 1. The molecule has 1 saturated carbocycles. The lowest BCUT2D eigenvalue weighted by Gasteiger charge is -2.37. The van der Waals surface area contributed by atoms with Crippen molar-refractivity contribution < 1.29 is 14.7 Å². The van der Waals surface area contributed by atoms with Crippen molar-refractivity contribution in [3.05, 3.63) is 29.0 Å². The van der Waals surface area contributed by atoms with Gasteiger partial charge in [0.05, 0.1) is 22.5 Å². The Bertz CT molecular complexity index is 513. The summed E-state index contributed by atoms with van der Waals surface area (Å²) in [4.78, 5) is 27.2. The first kappa shape index (κ1) is 14.8. The Balaban J connectivity index is 2.17. The number of halogens is 1. The van der Waals surface area contributed by atoms with E-state index >= 15 is 0 Å². The predicted molar refractivity (Wildman–Crippen MR) is 74.8 cm³/mol. The van der Waals surface area contributed by atoms with Crippen molar-refractivity contribution in [3.8, 4) is 0 Å². The van der Waals surface area contributed by atoms with Gasteiger partial charge in [-0.2, -0.15) is 0 Å². The molecular weight excluding hydrogens is 280 g/mol. The number of carbonyl (C=O) groups excluding carboxylic acids is 1. The standard InChI is InChI=1S/C14H17ClN2O3/c15-11-9-16-7-4-10(11)13(20)17-14(8-12(18)19)5-2-1-3-6-14/h4,7,9H,1-3,5-6,8H2,(H,17,20)(H,18,19). The Morgan fingerprint density at radius 1 is 1.35 bits per heavy atom. The summed E-state index contributed by atoms with van der Waals surface area (Å²) in [5.74, 6) is -1.23. The van der Waals surface area contributed by atoms with Gasteiger partial charge in [0.25, 0.3) is 5.91 Å². The number of hydrogen-bond donors (Lipinski definition) is 2. The summed E-state index contributed by atoms with van der Waals surface area (Å²) in [6, 6.07) is 1.54. The number of aromatic nitrogens is 1. The summed E-state index contributed by atoms with van der Waals surface area (Å²) < 4.78 is 0. The van der Waals surface area contributed by atoms with Crippen LogP contribution in [0.4, 0.5) is 0 Å². The third-order valence-corrected chi connectivity index (χ3v) is 4.00. The van der Waals surface area contributed by atoms with Crippen LogP contribution < -0.4 is 5.32 Å². The maximum absolute atomic E-state index is 12.3. The van der Waals surface area contributed by atoms with E-state index in [2.05, 4.69) is 10.3 Å². The highest BCUT2D eigenvalue weighted by Gasteiger charge is 2.36. The number of aliphatic carboxylic acids is 1. The van der Waals surface area contributed by atoms with Crippen molar-refractivity contribution in [2.45, 2.75) is 44.1 Å². The lowest BCUT2D eigenvalue weighted by Crippen LogP contribution is -2.51. The molecule has 1 aromatic rings. The maximum atomic E-state index is 12.3. The van der Waals surface area contributed by atoms with Crippen LogP contribution in [-0.4, -0.2) is 27.5 Å². The van der Waals surface area contributed by atoms with E-state index in [1.165, 1.54) is 18.5 Å². The quantitative estimate of drug-likeness (QED) is 0.895. The van der Waals surface area contributed by atoms with Gasteiger partial charge in [-0.15, -0.1) is 0 Å². The van der Waals surface area contributed by atoms with Gasteiger partial charge in [-0.25, -0.2) is 0 Å². The second-order valence-corrected chi connectivity index (χ2v) is 5.63. The Hall–Kier alpha value is -1.62. The van der Waals surface area contributed by atoms with E-state index in [1.54, 1.807) is 0 Å². The van der Waals surface area contributed by atoms with E-state index in [-0.39, 0.29) is 17.4 Å². The molecule has 1 fully saturated rings. The van der Waals surface area contributed by atoms with Crippen molar-refractivity contribution in [2.24, 2.45) is 0 Å². The van der Waals surface area contributed by atoms with Crippen LogP contribution in [0.25, 0.3) is 0 Å². The molecule has 5 nitrogen and oxygen atoms in total. The number of rotatable bonds is 4. The van der Waals surface area contributed by atoms with Crippen LogP contribution in [-0.2, 0) is 4.79 Å². The minimum Gasteiger partial charge on any atom is -0.481 e. The molecule has 0 bridgehead atoms. The Kier molecular flexibility index (Phi) is 4.60. The van der Waals surface area contributed by atoms with E-state index in [0.717, 1.165) is 19.3 Å². The molecule has 108 valence electrons. The van der Waals surface area contributed by atoms with Crippen LogP contribution >= 0.6 is 11.6 Å². The number of pyridine rings is 1. The van der Waals surface area contributed by atoms with Crippen molar-refractivity contribution in [1.82, 2.24) is 10.3 Å². The fourth-order valence-corrected chi connectivity index (χ4v) is 2.94. The number of carboxylic acid groups (broad SMARTS) is 1. The summed E-state index contributed by atoms with van der Waals surface area (Å²) in [6.07, 6.45) is 7.15. The topological polar surface area (TPSA) is 79.3 Å². The van der Waals surface area contributed by atoms with Gasteiger partial charge in [0.2, 0.25) is 0 Å². The molecule has 0 atom stereocenters. The van der Waals surface area contributed by atoms with E-state index in [1.807, 2.05) is 0 Å². The van der Waals surface area contributed by atoms with Gasteiger partial charge in [0.1, 0.15) is 0 Å².